The number of hydrogen-bond donors (Lipinski definition) is 1. The SMILES string of the molecule is Cc1ccc(NC(=O)C(=O)N(C)C2CCN(C)CC2)cc1. The van der Waals surface area contributed by atoms with Crippen LogP contribution >= 0.6 is 0 Å². The molecule has 1 aliphatic rings. The molecule has 21 heavy (non-hydrogen) atoms. The van der Waals surface area contributed by atoms with E-state index in [9.17, 15) is 9.59 Å². The largest absolute Gasteiger partial charge is 0.334 e. The molecular weight excluding hydrogens is 266 g/mol. The molecule has 1 aromatic carbocycles. The number of nitrogens with one attached hydrogen (secondary N) is 1. The molecule has 5 nitrogen and oxygen atoms in total. The van der Waals surface area contributed by atoms with Gasteiger partial charge in [-0.15, -0.1) is 0 Å². The van der Waals surface area contributed by atoms with Crippen molar-refractivity contribution in [2.75, 3.05) is 32.5 Å². The van der Waals surface area contributed by atoms with Gasteiger partial charge in [-0.1, -0.05) is 17.7 Å². The van der Waals surface area contributed by atoms with E-state index in [4.69, 9.17) is 0 Å². The van der Waals surface area contributed by atoms with Crippen molar-refractivity contribution in [3.05, 3.63) is 29.8 Å². The molecule has 0 aliphatic carbocycles. The Labute approximate surface area is 125 Å². The fraction of sp³-hybridized carbons (Fsp3) is 0.500. The van der Waals surface area contributed by atoms with E-state index in [-0.39, 0.29) is 6.04 Å². The minimum absolute atomic E-state index is 0.150. The maximum absolute atomic E-state index is 12.2. The molecule has 5 heteroatoms. The van der Waals surface area contributed by atoms with Crippen LogP contribution in [0.5, 0.6) is 0 Å². The lowest BCUT2D eigenvalue weighted by molar-refractivity contribution is -0.144. The number of hydrogen-bond acceptors (Lipinski definition) is 3. The number of piperidine rings is 1. The Kier molecular flexibility index (Phi) is 4.96. The highest BCUT2D eigenvalue weighted by molar-refractivity contribution is 6.39. The quantitative estimate of drug-likeness (QED) is 0.839. The highest BCUT2D eigenvalue weighted by Gasteiger charge is 2.27. The number of aryl methyl sites for hydroxylation is 1. The first kappa shape index (κ1) is 15.5. The first-order valence-electron chi connectivity index (χ1n) is 7.30. The Balaban J connectivity index is 1.92. The van der Waals surface area contributed by atoms with Crippen molar-refractivity contribution in [1.82, 2.24) is 9.80 Å². The predicted molar refractivity (Wildman–Crippen MR) is 83.1 cm³/mol. The van der Waals surface area contributed by atoms with Gasteiger partial charge in [0.05, 0.1) is 0 Å². The normalized spacial score (nSPS) is 16.5. The topological polar surface area (TPSA) is 52.7 Å². The van der Waals surface area contributed by atoms with Gasteiger partial charge in [0.25, 0.3) is 0 Å². The van der Waals surface area contributed by atoms with Crippen molar-refractivity contribution in [1.29, 1.82) is 0 Å². The summed E-state index contributed by atoms with van der Waals surface area (Å²) in [5.41, 5.74) is 1.76. The van der Waals surface area contributed by atoms with Crippen LogP contribution in [-0.4, -0.2) is 54.8 Å². The van der Waals surface area contributed by atoms with Crippen LogP contribution in [0.4, 0.5) is 5.69 Å². The molecule has 1 saturated heterocycles. The molecular formula is C16H23N3O2. The fourth-order valence-corrected chi connectivity index (χ4v) is 2.53. The van der Waals surface area contributed by atoms with Crippen molar-refractivity contribution >= 4 is 17.5 Å². The summed E-state index contributed by atoms with van der Waals surface area (Å²) in [7, 11) is 3.79. The van der Waals surface area contributed by atoms with Crippen LogP contribution in [0.15, 0.2) is 24.3 Å². The zero-order valence-corrected chi connectivity index (χ0v) is 12.9. The van der Waals surface area contributed by atoms with Gasteiger partial charge in [0.2, 0.25) is 0 Å². The van der Waals surface area contributed by atoms with Crippen LogP contribution in [-0.2, 0) is 9.59 Å². The van der Waals surface area contributed by atoms with Crippen LogP contribution in [0, 0.1) is 6.92 Å². The van der Waals surface area contributed by atoms with Gasteiger partial charge in [-0.05, 0) is 52.0 Å². The Morgan fingerprint density at radius 2 is 1.76 bits per heavy atom. The number of carbonyl (C=O) groups is 2. The van der Waals surface area contributed by atoms with Gasteiger partial charge in [0, 0.05) is 18.8 Å². The number of amides is 2. The van der Waals surface area contributed by atoms with Gasteiger partial charge in [-0.25, -0.2) is 0 Å². The van der Waals surface area contributed by atoms with E-state index in [1.165, 1.54) is 0 Å². The lowest BCUT2D eigenvalue weighted by Crippen LogP contribution is -2.47. The highest BCUT2D eigenvalue weighted by Crippen LogP contribution is 2.15. The molecule has 0 unspecified atom stereocenters. The van der Waals surface area contributed by atoms with Gasteiger partial charge < -0.3 is 15.1 Å². The number of anilines is 1. The standard InChI is InChI=1S/C16H23N3O2/c1-12-4-6-13(7-5-12)17-15(20)16(21)19(3)14-8-10-18(2)11-9-14/h4-7,14H,8-11H2,1-3H3,(H,17,20). The molecule has 114 valence electrons. The third kappa shape index (κ3) is 4.04. The van der Waals surface area contributed by atoms with Gasteiger partial charge >= 0.3 is 11.8 Å². The molecule has 1 N–H and O–H groups in total. The minimum atomic E-state index is -0.569. The van der Waals surface area contributed by atoms with Crippen LogP contribution in [0.25, 0.3) is 0 Å². The summed E-state index contributed by atoms with van der Waals surface area (Å²) in [5.74, 6) is -1.04. The van der Waals surface area contributed by atoms with E-state index < -0.39 is 11.8 Å². The molecule has 0 bridgehead atoms. The summed E-state index contributed by atoms with van der Waals surface area (Å²) in [4.78, 5) is 28.0. The number of likely N-dealkylation sites (N-methyl/N-ethyl adjacent to an activating group) is 1. The zero-order chi connectivity index (χ0) is 15.4. The monoisotopic (exact) mass is 289 g/mol. The van der Waals surface area contributed by atoms with E-state index in [0.717, 1.165) is 31.5 Å². The van der Waals surface area contributed by atoms with E-state index in [1.807, 2.05) is 19.1 Å². The minimum Gasteiger partial charge on any atom is -0.334 e. The first-order valence-corrected chi connectivity index (χ1v) is 7.30. The maximum Gasteiger partial charge on any atom is 0.313 e. The number of rotatable bonds is 2. The molecule has 1 aromatic rings. The van der Waals surface area contributed by atoms with Crippen molar-refractivity contribution in [3.63, 3.8) is 0 Å². The van der Waals surface area contributed by atoms with Crippen molar-refractivity contribution in [3.8, 4) is 0 Å². The second kappa shape index (κ2) is 6.72. The molecule has 0 radical (unpaired) electrons. The maximum atomic E-state index is 12.2. The average molecular weight is 289 g/mol. The Morgan fingerprint density at radius 1 is 1.19 bits per heavy atom. The van der Waals surface area contributed by atoms with Gasteiger partial charge in [-0.3, -0.25) is 9.59 Å². The number of benzene rings is 1. The van der Waals surface area contributed by atoms with Crippen molar-refractivity contribution in [2.45, 2.75) is 25.8 Å². The van der Waals surface area contributed by atoms with Crippen molar-refractivity contribution in [2.24, 2.45) is 0 Å². The Hall–Kier alpha value is -1.88. The second-order valence-corrected chi connectivity index (χ2v) is 5.77. The van der Waals surface area contributed by atoms with Crippen LogP contribution in [0.2, 0.25) is 0 Å². The summed E-state index contributed by atoms with van der Waals surface area (Å²) in [6, 6.07) is 7.56. The molecule has 2 rings (SSSR count). The van der Waals surface area contributed by atoms with Crippen LogP contribution in [0.3, 0.4) is 0 Å². The van der Waals surface area contributed by atoms with Crippen LogP contribution in [0.1, 0.15) is 18.4 Å². The smallest absolute Gasteiger partial charge is 0.313 e. The van der Waals surface area contributed by atoms with Crippen LogP contribution < -0.4 is 5.32 Å². The molecule has 1 heterocycles. The molecule has 1 aliphatic heterocycles. The molecule has 0 saturated carbocycles. The van der Waals surface area contributed by atoms with Gasteiger partial charge in [0.15, 0.2) is 0 Å². The summed E-state index contributed by atoms with van der Waals surface area (Å²) >= 11 is 0. The average Bonchev–Trinajstić information content (AvgIpc) is 2.49. The van der Waals surface area contributed by atoms with Gasteiger partial charge in [-0.2, -0.15) is 0 Å². The lowest BCUT2D eigenvalue weighted by atomic mass is 10.0. The third-order valence-corrected chi connectivity index (χ3v) is 4.06. The number of carbonyl (C=O) groups excluding carboxylic acids is 2. The predicted octanol–water partition coefficient (Wildman–Crippen LogP) is 1.49. The second-order valence-electron chi connectivity index (χ2n) is 5.77. The molecule has 1 fully saturated rings. The summed E-state index contributed by atoms with van der Waals surface area (Å²) in [6.07, 6.45) is 1.83. The van der Waals surface area contributed by atoms with E-state index >= 15 is 0 Å². The number of likely N-dealkylation sites (tertiary alicyclic amines) is 1. The number of nitrogens with zero attached hydrogens (tertiary/aromatic N) is 2. The highest BCUT2D eigenvalue weighted by atomic mass is 16.2. The molecule has 2 amide bonds. The van der Waals surface area contributed by atoms with Gasteiger partial charge in [0.1, 0.15) is 0 Å². The molecule has 0 spiro atoms. The van der Waals surface area contributed by atoms with Crippen molar-refractivity contribution < 1.29 is 9.59 Å². The van der Waals surface area contributed by atoms with E-state index in [2.05, 4.69) is 17.3 Å². The summed E-state index contributed by atoms with van der Waals surface area (Å²) in [5, 5.41) is 2.66. The van der Waals surface area contributed by atoms with E-state index in [1.54, 1.807) is 24.1 Å². The molecule has 0 aromatic heterocycles. The molecule has 0 atom stereocenters. The summed E-state index contributed by atoms with van der Waals surface area (Å²) in [6.45, 7) is 3.90. The first-order chi connectivity index (χ1) is 9.97. The lowest BCUT2D eigenvalue weighted by Gasteiger charge is -2.34. The Bertz CT molecular complexity index is 505. The van der Waals surface area contributed by atoms with E-state index in [0.29, 0.717) is 5.69 Å². The third-order valence-electron chi connectivity index (χ3n) is 4.06. The summed E-state index contributed by atoms with van der Waals surface area (Å²) < 4.78 is 0. The fourth-order valence-electron chi connectivity index (χ4n) is 2.53. The Morgan fingerprint density at radius 3 is 2.33 bits per heavy atom. The zero-order valence-electron chi connectivity index (χ0n) is 12.9.